The van der Waals surface area contributed by atoms with Gasteiger partial charge in [-0.2, -0.15) is 0 Å². The second kappa shape index (κ2) is 6.22. The number of benzene rings is 2. The topological polar surface area (TPSA) is 81.1 Å². The van der Waals surface area contributed by atoms with Crippen LogP contribution in [0.4, 0.5) is 5.69 Å². The molecule has 6 heteroatoms. The first kappa shape index (κ1) is 16.2. The van der Waals surface area contributed by atoms with Gasteiger partial charge in [-0.05, 0) is 31.5 Å². The Morgan fingerprint density at radius 1 is 1.12 bits per heavy atom. The first-order valence-corrected chi connectivity index (χ1v) is 8.49. The van der Waals surface area contributed by atoms with Gasteiger partial charge in [0.05, 0.1) is 10.9 Å². The highest BCUT2D eigenvalue weighted by atomic mass is 16.2. The van der Waals surface area contributed by atoms with E-state index in [-0.39, 0.29) is 5.56 Å². The zero-order chi connectivity index (χ0) is 18.3. The molecule has 2 heterocycles. The predicted molar refractivity (Wildman–Crippen MR) is 98.5 cm³/mol. The summed E-state index contributed by atoms with van der Waals surface area (Å²) in [7, 11) is 0. The van der Waals surface area contributed by atoms with Gasteiger partial charge >= 0.3 is 0 Å². The summed E-state index contributed by atoms with van der Waals surface area (Å²) in [5.74, 6) is -0.551. The van der Waals surface area contributed by atoms with Gasteiger partial charge in [-0.1, -0.05) is 29.8 Å². The average molecular weight is 347 g/mol. The lowest BCUT2D eigenvalue weighted by Crippen LogP contribution is -2.24. The third-order valence-electron chi connectivity index (χ3n) is 4.59. The number of anilines is 1. The van der Waals surface area contributed by atoms with E-state index in [1.54, 1.807) is 47.0 Å². The molecule has 1 amide bonds. The summed E-state index contributed by atoms with van der Waals surface area (Å²) in [6.07, 6.45) is 1.71. The van der Waals surface area contributed by atoms with Crippen LogP contribution in [0.2, 0.25) is 0 Å². The van der Waals surface area contributed by atoms with Crippen molar-refractivity contribution in [1.29, 1.82) is 0 Å². The summed E-state index contributed by atoms with van der Waals surface area (Å²) < 4.78 is 1.67. The Hall–Kier alpha value is -3.28. The van der Waals surface area contributed by atoms with Crippen molar-refractivity contribution in [3.8, 4) is 0 Å². The van der Waals surface area contributed by atoms with E-state index in [4.69, 9.17) is 0 Å². The molecule has 0 aliphatic carbocycles. The number of aromatic nitrogens is 2. The summed E-state index contributed by atoms with van der Waals surface area (Å²) in [6, 6.07) is 11.7. The lowest BCUT2D eigenvalue weighted by Gasteiger charge is -2.08. The number of Topliss-reactive ketones (excluding diaryl/α,β-unsaturated/α-hetero) is 1. The maximum absolute atomic E-state index is 12.6. The molecule has 4 rings (SSSR count). The van der Waals surface area contributed by atoms with E-state index in [9.17, 15) is 14.4 Å². The first-order valence-electron chi connectivity index (χ1n) is 8.49. The van der Waals surface area contributed by atoms with Crippen LogP contribution in [-0.2, 0) is 17.8 Å². The number of rotatable bonds is 3. The van der Waals surface area contributed by atoms with Crippen LogP contribution in [0.15, 0.2) is 47.3 Å². The van der Waals surface area contributed by atoms with E-state index < -0.39 is 11.7 Å². The molecule has 0 unspecified atom stereocenters. The van der Waals surface area contributed by atoms with Crippen LogP contribution < -0.4 is 10.9 Å². The molecular weight excluding hydrogens is 330 g/mol. The summed E-state index contributed by atoms with van der Waals surface area (Å²) in [5.41, 5.74) is 2.24. The summed E-state index contributed by atoms with van der Waals surface area (Å²) in [4.78, 5) is 41.6. The number of ketones is 1. The Labute approximate surface area is 149 Å². The zero-order valence-corrected chi connectivity index (χ0v) is 14.3. The number of nitrogens with zero attached hydrogens (tertiary/aromatic N) is 2. The van der Waals surface area contributed by atoms with Crippen LogP contribution in [0.1, 0.15) is 28.2 Å². The standard InChI is InChI=1S/C20H17N3O3/c1-12-4-6-13(7-5-12)18(24)19(25)21-14-8-9-16-15(11-14)20(26)23-10-2-3-17(23)22-16/h4-9,11H,2-3,10H2,1H3,(H,21,25). The highest BCUT2D eigenvalue weighted by Crippen LogP contribution is 2.18. The van der Waals surface area contributed by atoms with E-state index in [2.05, 4.69) is 10.3 Å². The van der Waals surface area contributed by atoms with Gasteiger partial charge in [0, 0.05) is 24.2 Å². The molecule has 0 radical (unpaired) electrons. The summed E-state index contributed by atoms with van der Waals surface area (Å²) in [5, 5.41) is 3.02. The maximum Gasteiger partial charge on any atom is 0.296 e. The minimum atomic E-state index is -0.734. The Morgan fingerprint density at radius 2 is 1.88 bits per heavy atom. The fourth-order valence-electron chi connectivity index (χ4n) is 3.19. The Bertz CT molecular complexity index is 1100. The number of amides is 1. The van der Waals surface area contributed by atoms with Gasteiger partial charge in [-0.15, -0.1) is 0 Å². The zero-order valence-electron chi connectivity index (χ0n) is 14.3. The number of hydrogen-bond donors (Lipinski definition) is 1. The van der Waals surface area contributed by atoms with Crippen LogP contribution in [0.5, 0.6) is 0 Å². The fraction of sp³-hybridized carbons (Fsp3) is 0.200. The quantitative estimate of drug-likeness (QED) is 0.583. The molecule has 130 valence electrons. The fourth-order valence-corrected chi connectivity index (χ4v) is 3.19. The van der Waals surface area contributed by atoms with Gasteiger partial charge in [-0.3, -0.25) is 19.0 Å². The number of hydrogen-bond acceptors (Lipinski definition) is 4. The van der Waals surface area contributed by atoms with Crippen LogP contribution in [0.25, 0.3) is 10.9 Å². The molecule has 1 N–H and O–H groups in total. The molecule has 0 saturated carbocycles. The van der Waals surface area contributed by atoms with Gasteiger partial charge in [0.1, 0.15) is 5.82 Å². The van der Waals surface area contributed by atoms with Crippen molar-refractivity contribution in [3.63, 3.8) is 0 Å². The Kier molecular flexibility index (Phi) is 3.88. The predicted octanol–water partition coefficient (Wildman–Crippen LogP) is 2.47. The molecule has 1 aromatic heterocycles. The highest BCUT2D eigenvalue weighted by molar-refractivity contribution is 6.46. The second-order valence-electron chi connectivity index (χ2n) is 6.47. The molecule has 0 spiro atoms. The van der Waals surface area contributed by atoms with Crippen LogP contribution in [-0.4, -0.2) is 21.2 Å². The molecule has 0 atom stereocenters. The van der Waals surface area contributed by atoms with E-state index in [1.807, 2.05) is 6.92 Å². The van der Waals surface area contributed by atoms with Gasteiger partial charge in [-0.25, -0.2) is 4.98 Å². The summed E-state index contributed by atoms with van der Waals surface area (Å²) >= 11 is 0. The van der Waals surface area contributed by atoms with Crippen molar-refractivity contribution in [3.05, 3.63) is 69.8 Å². The van der Waals surface area contributed by atoms with Crippen LogP contribution in [0, 0.1) is 6.92 Å². The number of carbonyl (C=O) groups excluding carboxylic acids is 2. The molecule has 3 aromatic rings. The molecular formula is C20H17N3O3. The normalized spacial score (nSPS) is 12.8. The number of nitrogens with one attached hydrogen (secondary N) is 1. The number of carbonyl (C=O) groups is 2. The molecule has 1 aliphatic heterocycles. The first-order chi connectivity index (χ1) is 12.5. The van der Waals surface area contributed by atoms with E-state index in [0.29, 0.717) is 28.7 Å². The Balaban J connectivity index is 1.63. The lowest BCUT2D eigenvalue weighted by molar-refractivity contribution is -0.112. The molecule has 1 aliphatic rings. The largest absolute Gasteiger partial charge is 0.319 e. The second-order valence-corrected chi connectivity index (χ2v) is 6.47. The van der Waals surface area contributed by atoms with Crippen molar-refractivity contribution in [2.75, 3.05) is 5.32 Å². The SMILES string of the molecule is Cc1ccc(C(=O)C(=O)Nc2ccc3nc4n(c(=O)c3c2)CCC4)cc1. The van der Waals surface area contributed by atoms with E-state index >= 15 is 0 Å². The third-order valence-corrected chi connectivity index (χ3v) is 4.59. The average Bonchev–Trinajstić information content (AvgIpc) is 3.11. The molecule has 0 bridgehead atoms. The molecule has 26 heavy (non-hydrogen) atoms. The van der Waals surface area contributed by atoms with Crippen LogP contribution >= 0.6 is 0 Å². The molecule has 6 nitrogen and oxygen atoms in total. The summed E-state index contributed by atoms with van der Waals surface area (Å²) in [6.45, 7) is 2.58. The number of fused-ring (bicyclic) bond motifs is 2. The number of aryl methyl sites for hydroxylation is 2. The van der Waals surface area contributed by atoms with Crippen molar-refractivity contribution < 1.29 is 9.59 Å². The third kappa shape index (κ3) is 2.79. The minimum absolute atomic E-state index is 0.108. The van der Waals surface area contributed by atoms with Gasteiger partial charge in [0.15, 0.2) is 0 Å². The smallest absolute Gasteiger partial charge is 0.296 e. The molecule has 0 fully saturated rings. The highest BCUT2D eigenvalue weighted by Gasteiger charge is 2.18. The van der Waals surface area contributed by atoms with E-state index in [1.165, 1.54) is 0 Å². The Morgan fingerprint density at radius 3 is 2.65 bits per heavy atom. The van der Waals surface area contributed by atoms with Gasteiger partial charge in [0.2, 0.25) is 0 Å². The maximum atomic E-state index is 12.6. The van der Waals surface area contributed by atoms with Crippen molar-refractivity contribution in [2.24, 2.45) is 0 Å². The van der Waals surface area contributed by atoms with Crippen molar-refractivity contribution in [1.82, 2.24) is 9.55 Å². The van der Waals surface area contributed by atoms with E-state index in [0.717, 1.165) is 24.2 Å². The lowest BCUT2D eigenvalue weighted by atomic mass is 10.1. The van der Waals surface area contributed by atoms with Gasteiger partial charge in [0.25, 0.3) is 17.2 Å². The minimum Gasteiger partial charge on any atom is -0.319 e. The molecule has 0 saturated heterocycles. The van der Waals surface area contributed by atoms with Crippen molar-refractivity contribution >= 4 is 28.3 Å². The molecule has 2 aromatic carbocycles. The van der Waals surface area contributed by atoms with Gasteiger partial charge < -0.3 is 5.32 Å². The monoisotopic (exact) mass is 347 g/mol. The van der Waals surface area contributed by atoms with Crippen LogP contribution in [0.3, 0.4) is 0 Å². The van der Waals surface area contributed by atoms with Crippen molar-refractivity contribution in [2.45, 2.75) is 26.3 Å².